The summed E-state index contributed by atoms with van der Waals surface area (Å²) in [5.41, 5.74) is 2.12. The highest BCUT2D eigenvalue weighted by Gasteiger charge is 2.38. The predicted molar refractivity (Wildman–Crippen MR) is 177 cm³/mol. The first kappa shape index (κ1) is 33.6. The third kappa shape index (κ3) is 7.65. The molecule has 0 radical (unpaired) electrons. The molecule has 2 aliphatic carbocycles. The maximum atomic E-state index is 13.2. The van der Waals surface area contributed by atoms with Crippen LogP contribution in [0.4, 0.5) is 18.3 Å². The summed E-state index contributed by atoms with van der Waals surface area (Å²) in [7, 11) is -3.71. The molecule has 1 amide bonds. The number of hydrogen-bond donors (Lipinski definition) is 2. The van der Waals surface area contributed by atoms with E-state index < -0.39 is 27.5 Å². The standard InChI is InChI=1S/C33H36F3N5O6S2/c1-18(2)45-26-15-20(31(42)40-49(43,44)22-9-10-22)16-27-29(26)38-32(48-27)41-13-11-21(12-14-41)37-17-24-28(39-47-30(24)19-7-8-19)23-5-3-4-6-25(23)46-33(34,35)36/h3-6,15-16,18-19,21-22,37H,7-14,17H2,1-2H3,(H,40,42). The molecule has 3 fully saturated rings. The number of sulfonamides is 1. The zero-order valence-electron chi connectivity index (χ0n) is 26.9. The summed E-state index contributed by atoms with van der Waals surface area (Å²) in [5, 5.41) is 8.03. The minimum Gasteiger partial charge on any atom is -0.489 e. The maximum absolute atomic E-state index is 13.2. The molecule has 1 aliphatic heterocycles. The Morgan fingerprint density at radius 3 is 2.49 bits per heavy atom. The van der Waals surface area contributed by atoms with Gasteiger partial charge < -0.3 is 24.2 Å². The summed E-state index contributed by atoms with van der Waals surface area (Å²) < 4.78 is 83.2. The number of fused-ring (bicyclic) bond motifs is 1. The molecule has 16 heteroatoms. The van der Waals surface area contributed by atoms with Crippen LogP contribution < -0.4 is 24.4 Å². The minimum absolute atomic E-state index is 0.130. The molecule has 0 atom stereocenters. The van der Waals surface area contributed by atoms with Crippen molar-refractivity contribution in [1.29, 1.82) is 0 Å². The molecule has 2 saturated carbocycles. The molecule has 1 saturated heterocycles. The monoisotopic (exact) mass is 719 g/mol. The number of amides is 1. The summed E-state index contributed by atoms with van der Waals surface area (Å²) in [6.45, 7) is 5.50. The number of hydrogen-bond acceptors (Lipinski definition) is 11. The number of alkyl halides is 3. The molecule has 2 N–H and O–H groups in total. The lowest BCUT2D eigenvalue weighted by atomic mass is 10.0. The molecular formula is C33H36F3N5O6S2. The predicted octanol–water partition coefficient (Wildman–Crippen LogP) is 6.50. The second kappa shape index (κ2) is 13.1. The Morgan fingerprint density at radius 1 is 1.08 bits per heavy atom. The zero-order chi connectivity index (χ0) is 34.5. The molecule has 262 valence electrons. The molecule has 11 nitrogen and oxygen atoms in total. The molecule has 4 aromatic rings. The molecule has 0 spiro atoms. The number of para-hydroxylation sites is 1. The lowest BCUT2D eigenvalue weighted by molar-refractivity contribution is -0.274. The van der Waals surface area contributed by atoms with Crippen molar-refractivity contribution in [1.82, 2.24) is 20.2 Å². The van der Waals surface area contributed by atoms with Gasteiger partial charge in [-0.15, -0.1) is 13.2 Å². The summed E-state index contributed by atoms with van der Waals surface area (Å²) in [5.74, 6) is 0.302. The van der Waals surface area contributed by atoms with Crippen LogP contribution >= 0.6 is 11.3 Å². The summed E-state index contributed by atoms with van der Waals surface area (Å²) in [4.78, 5) is 20.0. The number of nitrogens with one attached hydrogen (secondary N) is 2. The first-order valence-corrected chi connectivity index (χ1v) is 18.7. The number of halogens is 3. The van der Waals surface area contributed by atoms with Crippen LogP contribution in [0.3, 0.4) is 0 Å². The molecule has 3 aliphatic rings. The van der Waals surface area contributed by atoms with Gasteiger partial charge in [-0.2, -0.15) is 0 Å². The average molecular weight is 720 g/mol. The van der Waals surface area contributed by atoms with Crippen LogP contribution in [0.1, 0.15) is 80.0 Å². The summed E-state index contributed by atoms with van der Waals surface area (Å²) >= 11 is 1.42. The van der Waals surface area contributed by atoms with E-state index in [0.29, 0.717) is 59.9 Å². The number of nitrogens with zero attached hydrogens (tertiary/aromatic N) is 3. The molecule has 0 unspecified atom stereocenters. The second-order valence-corrected chi connectivity index (χ2v) is 16.0. The molecule has 7 rings (SSSR count). The third-order valence-electron chi connectivity index (χ3n) is 8.74. The lowest BCUT2D eigenvalue weighted by Crippen LogP contribution is -2.42. The SMILES string of the molecule is CC(C)Oc1cc(C(=O)NS(=O)(=O)C2CC2)cc2sc(N3CCC(NCc4c(-c5ccccc5OC(F)(F)F)noc4C4CC4)CC3)nc12. The number of piperidine rings is 1. The van der Waals surface area contributed by atoms with Crippen LogP contribution in [0.25, 0.3) is 21.5 Å². The van der Waals surface area contributed by atoms with Crippen LogP contribution in [0.5, 0.6) is 11.5 Å². The van der Waals surface area contributed by atoms with Crippen LogP contribution in [0.2, 0.25) is 0 Å². The van der Waals surface area contributed by atoms with Gasteiger partial charge >= 0.3 is 6.36 Å². The number of anilines is 1. The van der Waals surface area contributed by atoms with Crippen molar-refractivity contribution in [2.45, 2.75) is 88.6 Å². The Morgan fingerprint density at radius 2 is 1.82 bits per heavy atom. The van der Waals surface area contributed by atoms with Crippen LogP contribution in [-0.2, 0) is 16.6 Å². The van der Waals surface area contributed by atoms with Gasteiger partial charge in [0, 0.05) is 48.3 Å². The van der Waals surface area contributed by atoms with E-state index in [0.717, 1.165) is 36.4 Å². The van der Waals surface area contributed by atoms with Crippen molar-refractivity contribution in [2.24, 2.45) is 0 Å². The highest BCUT2D eigenvalue weighted by molar-refractivity contribution is 7.91. The highest BCUT2D eigenvalue weighted by atomic mass is 32.2. The Hall–Kier alpha value is -3.89. The van der Waals surface area contributed by atoms with Crippen LogP contribution in [-0.4, -0.2) is 61.3 Å². The number of carbonyl (C=O) groups excluding carboxylic acids is 1. The van der Waals surface area contributed by atoms with Crippen molar-refractivity contribution < 1.29 is 40.4 Å². The van der Waals surface area contributed by atoms with Crippen LogP contribution in [0.15, 0.2) is 40.9 Å². The van der Waals surface area contributed by atoms with E-state index in [1.807, 2.05) is 13.8 Å². The zero-order valence-corrected chi connectivity index (χ0v) is 28.5. The highest BCUT2D eigenvalue weighted by Crippen LogP contribution is 2.45. The average Bonchev–Trinajstić information content (AvgIpc) is 3.98. The van der Waals surface area contributed by atoms with E-state index in [4.69, 9.17) is 14.2 Å². The number of thiazole rings is 1. The number of ether oxygens (including phenoxy) is 2. The van der Waals surface area contributed by atoms with Gasteiger partial charge in [0.05, 0.1) is 16.1 Å². The Labute approximate surface area is 285 Å². The second-order valence-electron chi connectivity index (χ2n) is 13.0. The first-order valence-electron chi connectivity index (χ1n) is 16.3. The smallest absolute Gasteiger partial charge is 0.489 e. The fourth-order valence-corrected chi connectivity index (χ4v) is 8.39. The molecule has 49 heavy (non-hydrogen) atoms. The van der Waals surface area contributed by atoms with Crippen molar-refractivity contribution in [3.63, 3.8) is 0 Å². The van der Waals surface area contributed by atoms with Crippen molar-refractivity contribution >= 4 is 42.6 Å². The van der Waals surface area contributed by atoms with Gasteiger partial charge in [-0.25, -0.2) is 18.1 Å². The molecular weight excluding hydrogens is 684 g/mol. The third-order valence-corrected chi connectivity index (χ3v) is 11.6. The fourth-order valence-electron chi connectivity index (χ4n) is 6.02. The van der Waals surface area contributed by atoms with Crippen LogP contribution in [0, 0.1) is 0 Å². The van der Waals surface area contributed by atoms with E-state index in [2.05, 4.69) is 24.8 Å². The largest absolute Gasteiger partial charge is 0.573 e. The Balaban J connectivity index is 1.05. The molecule has 2 aromatic carbocycles. The van der Waals surface area contributed by atoms with E-state index in [1.165, 1.54) is 23.5 Å². The molecule has 0 bridgehead atoms. The van der Waals surface area contributed by atoms with Gasteiger partial charge in [0.25, 0.3) is 5.91 Å². The van der Waals surface area contributed by atoms with E-state index in [-0.39, 0.29) is 34.9 Å². The number of aromatic nitrogens is 2. The summed E-state index contributed by atoms with van der Waals surface area (Å²) in [6.07, 6.45) is -0.486. The maximum Gasteiger partial charge on any atom is 0.573 e. The van der Waals surface area contributed by atoms with E-state index in [1.54, 1.807) is 24.3 Å². The van der Waals surface area contributed by atoms with E-state index in [9.17, 15) is 26.4 Å². The minimum atomic E-state index is -4.84. The quantitative estimate of drug-likeness (QED) is 0.167. The fraction of sp³-hybridized carbons (Fsp3) is 0.485. The van der Waals surface area contributed by atoms with Crippen molar-refractivity contribution in [3.05, 3.63) is 53.3 Å². The topological polar surface area (TPSA) is 136 Å². The number of rotatable bonds is 12. The van der Waals surface area contributed by atoms with Gasteiger partial charge in [0.1, 0.15) is 28.5 Å². The van der Waals surface area contributed by atoms with E-state index >= 15 is 0 Å². The Bertz CT molecular complexity index is 1960. The normalized spacial score (nSPS) is 17.6. The lowest BCUT2D eigenvalue weighted by Gasteiger charge is -2.32. The Kier molecular flexibility index (Phi) is 8.98. The van der Waals surface area contributed by atoms with Gasteiger partial charge in [-0.3, -0.25) is 4.79 Å². The van der Waals surface area contributed by atoms with Crippen molar-refractivity contribution in [3.8, 4) is 22.8 Å². The molecule has 2 aromatic heterocycles. The van der Waals surface area contributed by atoms with Gasteiger partial charge in [0.15, 0.2) is 5.13 Å². The molecule has 3 heterocycles. The number of carbonyl (C=O) groups is 1. The van der Waals surface area contributed by atoms with Gasteiger partial charge in [0.2, 0.25) is 10.0 Å². The number of benzene rings is 2. The van der Waals surface area contributed by atoms with Crippen molar-refractivity contribution in [2.75, 3.05) is 18.0 Å². The summed E-state index contributed by atoms with van der Waals surface area (Å²) in [6, 6.07) is 9.29. The van der Waals surface area contributed by atoms with Gasteiger partial charge in [-0.1, -0.05) is 28.6 Å². The first-order chi connectivity index (χ1) is 23.3. The van der Waals surface area contributed by atoms with Gasteiger partial charge in [-0.05, 0) is 76.6 Å².